The van der Waals surface area contributed by atoms with Crippen molar-refractivity contribution in [1.29, 1.82) is 0 Å². The quantitative estimate of drug-likeness (QED) is 0.424. The average Bonchev–Trinajstić information content (AvgIpc) is 2.88. The predicted molar refractivity (Wildman–Crippen MR) is 134 cm³/mol. The van der Waals surface area contributed by atoms with Gasteiger partial charge in [-0.2, -0.15) is 0 Å². The van der Waals surface area contributed by atoms with Gasteiger partial charge >= 0.3 is 0 Å². The van der Waals surface area contributed by atoms with Crippen molar-refractivity contribution in [2.45, 2.75) is 6.92 Å². The monoisotopic (exact) mass is 456 g/mol. The Balaban J connectivity index is 1.26. The van der Waals surface area contributed by atoms with E-state index in [-0.39, 0.29) is 5.43 Å². The molecular weight excluding hydrogens is 428 g/mol. The lowest BCUT2D eigenvalue weighted by molar-refractivity contribution is 0.0322. The molecule has 0 atom stereocenters. The van der Waals surface area contributed by atoms with E-state index in [1.807, 2.05) is 79.7 Å². The van der Waals surface area contributed by atoms with Gasteiger partial charge < -0.3 is 19.2 Å². The molecule has 0 aliphatic carbocycles. The van der Waals surface area contributed by atoms with Crippen molar-refractivity contribution >= 4 is 10.9 Å². The number of para-hydroxylation sites is 1. The molecule has 5 rings (SSSR count). The summed E-state index contributed by atoms with van der Waals surface area (Å²) in [4.78, 5) is 18.5. The highest BCUT2D eigenvalue weighted by molar-refractivity contribution is 5.83. The first-order valence-corrected chi connectivity index (χ1v) is 11.6. The third kappa shape index (κ3) is 4.98. The van der Waals surface area contributed by atoms with Crippen LogP contribution in [0.3, 0.4) is 0 Å². The number of rotatable bonds is 7. The number of pyridine rings is 1. The summed E-state index contributed by atoms with van der Waals surface area (Å²) in [6, 6.07) is 23.0. The van der Waals surface area contributed by atoms with E-state index in [9.17, 15) is 4.79 Å². The molecule has 2 heterocycles. The number of hydrogen-bond donors (Lipinski definition) is 1. The van der Waals surface area contributed by atoms with Crippen molar-refractivity contribution in [3.8, 4) is 28.5 Å². The summed E-state index contributed by atoms with van der Waals surface area (Å²) in [6.07, 6.45) is 0. The lowest BCUT2D eigenvalue weighted by Gasteiger charge is -2.26. The highest BCUT2D eigenvalue weighted by Gasteiger charge is 2.11. The Morgan fingerprint density at radius 3 is 2.50 bits per heavy atom. The molecule has 0 unspecified atom stereocenters. The number of benzene rings is 3. The van der Waals surface area contributed by atoms with Crippen LogP contribution in [-0.4, -0.2) is 49.3 Å². The van der Waals surface area contributed by atoms with E-state index < -0.39 is 0 Å². The summed E-state index contributed by atoms with van der Waals surface area (Å²) in [5.41, 5.74) is 3.35. The van der Waals surface area contributed by atoms with Crippen molar-refractivity contribution < 1.29 is 14.2 Å². The number of ether oxygens (including phenoxy) is 3. The Morgan fingerprint density at radius 1 is 0.912 bits per heavy atom. The largest absolute Gasteiger partial charge is 0.492 e. The minimum atomic E-state index is 0.0510. The number of hydrogen-bond acceptors (Lipinski definition) is 5. The molecule has 1 fully saturated rings. The second kappa shape index (κ2) is 10.1. The zero-order chi connectivity index (χ0) is 23.3. The summed E-state index contributed by atoms with van der Waals surface area (Å²) in [7, 11) is 0. The first-order chi connectivity index (χ1) is 16.7. The zero-order valence-corrected chi connectivity index (χ0v) is 19.3. The van der Waals surface area contributed by atoms with E-state index in [2.05, 4.69) is 9.88 Å². The van der Waals surface area contributed by atoms with Crippen molar-refractivity contribution in [2.24, 2.45) is 0 Å². The molecule has 3 aromatic carbocycles. The van der Waals surface area contributed by atoms with Crippen LogP contribution in [0.4, 0.5) is 0 Å². The Hall–Kier alpha value is -3.61. The van der Waals surface area contributed by atoms with Crippen LogP contribution in [0.2, 0.25) is 0 Å². The lowest BCUT2D eigenvalue weighted by Crippen LogP contribution is -2.38. The molecule has 34 heavy (non-hydrogen) atoms. The van der Waals surface area contributed by atoms with Crippen molar-refractivity contribution in [3.05, 3.63) is 88.6 Å². The van der Waals surface area contributed by atoms with Gasteiger partial charge in [0.1, 0.15) is 23.9 Å². The predicted octanol–water partition coefficient (Wildman–Crippen LogP) is 5.01. The Labute approximate surface area is 198 Å². The first-order valence-electron chi connectivity index (χ1n) is 11.6. The van der Waals surface area contributed by atoms with Crippen LogP contribution < -0.4 is 14.9 Å². The first kappa shape index (κ1) is 22.2. The number of aromatic nitrogens is 1. The summed E-state index contributed by atoms with van der Waals surface area (Å²) in [5, 5.41) is 0.704. The molecule has 1 saturated heterocycles. The molecule has 0 radical (unpaired) electrons. The molecule has 1 N–H and O–H groups in total. The number of aromatic amines is 1. The van der Waals surface area contributed by atoms with Gasteiger partial charge in [0.25, 0.3) is 0 Å². The average molecular weight is 457 g/mol. The molecular formula is C28H28N2O4. The van der Waals surface area contributed by atoms with E-state index in [0.717, 1.165) is 61.1 Å². The van der Waals surface area contributed by atoms with Crippen LogP contribution in [-0.2, 0) is 4.74 Å². The standard InChI is InChI=1S/C28H28N2O4/c1-20-27(29-26-8-3-2-7-25(26)28(20)31)21-9-11-22(12-10-21)34-24-6-4-5-23(19-24)33-18-15-30-13-16-32-17-14-30/h2-12,19H,13-18H2,1H3,(H,29,31). The van der Waals surface area contributed by atoms with Crippen molar-refractivity contribution in [2.75, 3.05) is 39.5 Å². The van der Waals surface area contributed by atoms with Gasteiger partial charge in [-0.05, 0) is 61.0 Å². The van der Waals surface area contributed by atoms with Crippen LogP contribution in [0.5, 0.6) is 17.2 Å². The molecule has 1 aliphatic heterocycles. The van der Waals surface area contributed by atoms with Crippen LogP contribution >= 0.6 is 0 Å². The fourth-order valence-corrected chi connectivity index (χ4v) is 4.19. The molecule has 174 valence electrons. The van der Waals surface area contributed by atoms with E-state index in [1.54, 1.807) is 0 Å². The van der Waals surface area contributed by atoms with Crippen LogP contribution in [0.25, 0.3) is 22.2 Å². The highest BCUT2D eigenvalue weighted by Crippen LogP contribution is 2.28. The second-order valence-electron chi connectivity index (χ2n) is 8.40. The number of nitrogens with zero attached hydrogens (tertiary/aromatic N) is 1. The summed E-state index contributed by atoms with van der Waals surface area (Å²) < 4.78 is 17.4. The van der Waals surface area contributed by atoms with E-state index in [1.165, 1.54) is 0 Å². The van der Waals surface area contributed by atoms with E-state index >= 15 is 0 Å². The maximum Gasteiger partial charge on any atom is 0.192 e. The molecule has 6 nitrogen and oxygen atoms in total. The summed E-state index contributed by atoms with van der Waals surface area (Å²) in [6.45, 7) is 6.85. The highest BCUT2D eigenvalue weighted by atomic mass is 16.5. The van der Waals surface area contributed by atoms with E-state index in [4.69, 9.17) is 14.2 Å². The summed E-state index contributed by atoms with van der Waals surface area (Å²) in [5.74, 6) is 2.22. The molecule has 1 aromatic heterocycles. The smallest absolute Gasteiger partial charge is 0.192 e. The molecule has 0 saturated carbocycles. The third-order valence-corrected chi connectivity index (χ3v) is 6.11. The fraction of sp³-hybridized carbons (Fsp3) is 0.250. The van der Waals surface area contributed by atoms with Crippen molar-refractivity contribution in [1.82, 2.24) is 9.88 Å². The summed E-state index contributed by atoms with van der Waals surface area (Å²) >= 11 is 0. The Kier molecular flexibility index (Phi) is 6.60. The maximum atomic E-state index is 12.8. The molecule has 0 spiro atoms. The van der Waals surface area contributed by atoms with Crippen molar-refractivity contribution in [3.63, 3.8) is 0 Å². The molecule has 6 heteroatoms. The zero-order valence-electron chi connectivity index (χ0n) is 19.3. The van der Waals surface area contributed by atoms with Gasteiger partial charge in [0.15, 0.2) is 5.43 Å². The van der Waals surface area contributed by atoms with Gasteiger partial charge in [-0.1, -0.05) is 18.2 Å². The molecule has 0 amide bonds. The minimum Gasteiger partial charge on any atom is -0.492 e. The van der Waals surface area contributed by atoms with Gasteiger partial charge in [0.05, 0.1) is 18.9 Å². The van der Waals surface area contributed by atoms with Crippen LogP contribution in [0.15, 0.2) is 77.6 Å². The van der Waals surface area contributed by atoms with Gasteiger partial charge in [-0.3, -0.25) is 9.69 Å². The second-order valence-corrected chi connectivity index (χ2v) is 8.40. The van der Waals surface area contributed by atoms with E-state index in [0.29, 0.717) is 23.3 Å². The molecule has 1 aliphatic rings. The number of fused-ring (bicyclic) bond motifs is 1. The minimum absolute atomic E-state index is 0.0510. The lowest BCUT2D eigenvalue weighted by atomic mass is 10.0. The normalized spacial score (nSPS) is 14.3. The molecule has 0 bridgehead atoms. The van der Waals surface area contributed by atoms with Gasteiger partial charge in [0, 0.05) is 42.2 Å². The molecule has 4 aromatic rings. The number of morpholine rings is 1. The third-order valence-electron chi connectivity index (χ3n) is 6.11. The SMILES string of the molecule is Cc1c(-c2ccc(Oc3cccc(OCCN4CCOCC4)c3)cc2)[nH]c2ccccc2c1=O. The van der Waals surface area contributed by atoms with Crippen LogP contribution in [0.1, 0.15) is 5.56 Å². The van der Waals surface area contributed by atoms with Crippen LogP contribution in [0, 0.1) is 6.92 Å². The number of nitrogens with one attached hydrogen (secondary N) is 1. The van der Waals surface area contributed by atoms with Gasteiger partial charge in [-0.15, -0.1) is 0 Å². The maximum absolute atomic E-state index is 12.8. The van der Waals surface area contributed by atoms with Gasteiger partial charge in [-0.25, -0.2) is 0 Å². The Morgan fingerprint density at radius 2 is 1.68 bits per heavy atom. The number of H-pyrrole nitrogens is 1. The topological polar surface area (TPSA) is 63.8 Å². The van der Waals surface area contributed by atoms with Gasteiger partial charge in [0.2, 0.25) is 0 Å². The Bertz CT molecular complexity index is 1320. The fourth-order valence-electron chi connectivity index (χ4n) is 4.19.